The van der Waals surface area contributed by atoms with Gasteiger partial charge in [-0.05, 0) is 25.3 Å². The Balaban J connectivity index is 2.26. The van der Waals surface area contributed by atoms with E-state index in [1.807, 2.05) is 0 Å². The zero-order chi connectivity index (χ0) is 15.4. The maximum Gasteiger partial charge on any atom is 0.329 e. The number of piperidine rings is 1. The Kier molecular flexibility index (Phi) is 5.19. The first-order chi connectivity index (χ1) is 10.0. The van der Waals surface area contributed by atoms with Gasteiger partial charge in [-0.1, -0.05) is 6.92 Å². The summed E-state index contributed by atoms with van der Waals surface area (Å²) in [5.74, 6) is 0.873. The lowest BCUT2D eigenvalue weighted by atomic mass is 10.00. The van der Waals surface area contributed by atoms with Gasteiger partial charge >= 0.3 is 5.69 Å². The minimum absolute atomic E-state index is 0.249. The highest BCUT2D eigenvalue weighted by molar-refractivity contribution is 5.38. The number of hydrogen-bond donors (Lipinski definition) is 2. The molecule has 1 aliphatic heterocycles. The van der Waals surface area contributed by atoms with Crippen LogP contribution in [0.15, 0.2) is 9.59 Å². The monoisotopic (exact) mass is 296 g/mol. The van der Waals surface area contributed by atoms with Gasteiger partial charge in [0, 0.05) is 20.2 Å². The summed E-state index contributed by atoms with van der Waals surface area (Å²) in [7, 11) is 1.56. The molecule has 0 spiro atoms. The lowest BCUT2D eigenvalue weighted by molar-refractivity contribution is 0.174. The van der Waals surface area contributed by atoms with Gasteiger partial charge in [0.25, 0.3) is 5.56 Å². The zero-order valence-corrected chi connectivity index (χ0v) is 12.7. The van der Waals surface area contributed by atoms with E-state index < -0.39 is 5.69 Å². The van der Waals surface area contributed by atoms with Crippen molar-refractivity contribution in [3.8, 4) is 0 Å². The van der Waals surface area contributed by atoms with Crippen LogP contribution in [-0.2, 0) is 17.8 Å². The number of methoxy groups -OCH3 is 1. The summed E-state index contributed by atoms with van der Waals surface area (Å²) in [5.41, 5.74) is 5.64. The highest BCUT2D eigenvalue weighted by atomic mass is 16.5. The Labute approximate surface area is 123 Å². The number of aromatic nitrogens is 2. The summed E-state index contributed by atoms with van der Waals surface area (Å²) < 4.78 is 6.34. The number of nitrogens with two attached hydrogens (primary N) is 1. The van der Waals surface area contributed by atoms with Gasteiger partial charge in [-0.15, -0.1) is 0 Å². The topological polar surface area (TPSA) is 93.3 Å². The Hall–Kier alpha value is -1.60. The molecule has 2 rings (SSSR count). The normalized spacial score (nSPS) is 19.8. The number of rotatable bonds is 5. The van der Waals surface area contributed by atoms with Crippen LogP contribution >= 0.6 is 0 Å². The van der Waals surface area contributed by atoms with Gasteiger partial charge < -0.3 is 10.5 Å². The van der Waals surface area contributed by atoms with E-state index >= 15 is 0 Å². The molecule has 0 aliphatic carbocycles. The standard InChI is InChI=1S/C14H24N4O3/c1-10-4-3-5-17(8-10)9-11-12(15)18(6-7-21-2)14(20)16-13(11)19/h10H,3-9,15H2,1-2H3,(H,16,19,20). The molecular formula is C14H24N4O3. The maximum absolute atomic E-state index is 12.0. The minimum atomic E-state index is -0.481. The summed E-state index contributed by atoms with van der Waals surface area (Å²) in [6, 6.07) is 0. The van der Waals surface area contributed by atoms with Crippen molar-refractivity contribution in [3.63, 3.8) is 0 Å². The first kappa shape index (κ1) is 15.8. The Morgan fingerprint density at radius 3 is 2.86 bits per heavy atom. The molecule has 0 aromatic carbocycles. The Morgan fingerprint density at radius 2 is 2.19 bits per heavy atom. The third-order valence-corrected chi connectivity index (χ3v) is 3.98. The van der Waals surface area contributed by atoms with E-state index in [1.165, 1.54) is 11.0 Å². The quantitative estimate of drug-likeness (QED) is 0.797. The predicted octanol–water partition coefficient (Wildman–Crippen LogP) is -0.00290. The van der Waals surface area contributed by atoms with E-state index in [0.717, 1.165) is 19.5 Å². The fourth-order valence-corrected chi connectivity index (χ4v) is 2.84. The van der Waals surface area contributed by atoms with Crippen LogP contribution in [-0.4, -0.2) is 41.3 Å². The summed E-state index contributed by atoms with van der Waals surface area (Å²) in [6.07, 6.45) is 2.35. The summed E-state index contributed by atoms with van der Waals surface area (Å²) in [5, 5.41) is 0. The van der Waals surface area contributed by atoms with Gasteiger partial charge in [0.2, 0.25) is 0 Å². The Bertz CT molecular complexity index is 593. The molecule has 1 aromatic heterocycles. The smallest absolute Gasteiger partial charge is 0.329 e. The van der Waals surface area contributed by atoms with Crippen molar-refractivity contribution in [3.05, 3.63) is 26.4 Å². The number of nitrogens with zero attached hydrogens (tertiary/aromatic N) is 2. The van der Waals surface area contributed by atoms with Gasteiger partial charge in [-0.25, -0.2) is 4.79 Å². The number of nitrogen functional groups attached to an aromatic ring is 1. The summed E-state index contributed by atoms with van der Waals surface area (Å²) in [4.78, 5) is 28.4. The molecule has 1 aromatic rings. The molecule has 1 fully saturated rings. The number of anilines is 1. The van der Waals surface area contributed by atoms with Crippen LogP contribution in [0.2, 0.25) is 0 Å². The minimum Gasteiger partial charge on any atom is -0.385 e. The van der Waals surface area contributed by atoms with Gasteiger partial charge in [0.15, 0.2) is 0 Å². The van der Waals surface area contributed by atoms with Crippen LogP contribution in [0.3, 0.4) is 0 Å². The van der Waals surface area contributed by atoms with Crippen LogP contribution < -0.4 is 17.0 Å². The van der Waals surface area contributed by atoms with Crippen molar-refractivity contribution >= 4 is 5.82 Å². The molecule has 7 heteroatoms. The summed E-state index contributed by atoms with van der Waals surface area (Å²) in [6.45, 7) is 5.31. The maximum atomic E-state index is 12.0. The highest BCUT2D eigenvalue weighted by Gasteiger charge is 2.20. The van der Waals surface area contributed by atoms with Crippen molar-refractivity contribution in [1.29, 1.82) is 0 Å². The average Bonchev–Trinajstić information content (AvgIpc) is 2.43. The Morgan fingerprint density at radius 1 is 1.43 bits per heavy atom. The van der Waals surface area contributed by atoms with E-state index in [1.54, 1.807) is 7.11 Å². The average molecular weight is 296 g/mol. The summed E-state index contributed by atoms with van der Waals surface area (Å²) >= 11 is 0. The van der Waals surface area contributed by atoms with E-state index in [0.29, 0.717) is 31.2 Å². The first-order valence-corrected chi connectivity index (χ1v) is 7.35. The fourth-order valence-electron chi connectivity index (χ4n) is 2.84. The molecule has 1 atom stereocenters. The molecule has 0 amide bonds. The predicted molar refractivity (Wildman–Crippen MR) is 81.3 cm³/mol. The second-order valence-corrected chi connectivity index (χ2v) is 5.75. The molecule has 1 unspecified atom stereocenters. The molecule has 118 valence electrons. The van der Waals surface area contributed by atoms with Crippen molar-refractivity contribution in [2.45, 2.75) is 32.9 Å². The number of hydrogen-bond acceptors (Lipinski definition) is 5. The van der Waals surface area contributed by atoms with Crippen LogP contribution in [0.4, 0.5) is 5.82 Å². The van der Waals surface area contributed by atoms with Crippen LogP contribution in [0, 0.1) is 5.92 Å². The van der Waals surface area contributed by atoms with Crippen LogP contribution in [0.25, 0.3) is 0 Å². The SMILES string of the molecule is COCCn1c(N)c(CN2CCCC(C)C2)c(=O)[nH]c1=O. The molecule has 1 saturated heterocycles. The van der Waals surface area contributed by atoms with E-state index in [4.69, 9.17) is 10.5 Å². The zero-order valence-electron chi connectivity index (χ0n) is 12.7. The third kappa shape index (κ3) is 3.74. The van der Waals surface area contributed by atoms with Crippen molar-refractivity contribution in [2.75, 3.05) is 32.5 Å². The lowest BCUT2D eigenvalue weighted by Crippen LogP contribution is -2.40. The molecule has 2 heterocycles. The second kappa shape index (κ2) is 6.91. The lowest BCUT2D eigenvalue weighted by Gasteiger charge is -2.30. The molecule has 0 bridgehead atoms. The largest absolute Gasteiger partial charge is 0.385 e. The van der Waals surface area contributed by atoms with Gasteiger partial charge in [-0.3, -0.25) is 19.2 Å². The second-order valence-electron chi connectivity index (χ2n) is 5.75. The molecule has 0 saturated carbocycles. The number of H-pyrrole nitrogens is 1. The van der Waals surface area contributed by atoms with Crippen molar-refractivity contribution < 1.29 is 4.74 Å². The number of ether oxygens (including phenoxy) is 1. The van der Waals surface area contributed by atoms with Gasteiger partial charge in [0.05, 0.1) is 18.7 Å². The third-order valence-electron chi connectivity index (χ3n) is 3.98. The van der Waals surface area contributed by atoms with E-state index in [-0.39, 0.29) is 11.4 Å². The van der Waals surface area contributed by atoms with Crippen molar-refractivity contribution in [1.82, 2.24) is 14.5 Å². The molecule has 1 aliphatic rings. The van der Waals surface area contributed by atoms with Gasteiger partial charge in [0.1, 0.15) is 5.82 Å². The molecule has 7 nitrogen and oxygen atoms in total. The number of nitrogens with one attached hydrogen (secondary N) is 1. The molecule has 21 heavy (non-hydrogen) atoms. The fraction of sp³-hybridized carbons (Fsp3) is 0.714. The molecule has 0 radical (unpaired) electrons. The number of likely N-dealkylation sites (tertiary alicyclic amines) is 1. The van der Waals surface area contributed by atoms with Crippen LogP contribution in [0.1, 0.15) is 25.3 Å². The molecular weight excluding hydrogens is 272 g/mol. The number of aromatic amines is 1. The molecule has 3 N–H and O–H groups in total. The van der Waals surface area contributed by atoms with E-state index in [2.05, 4.69) is 16.8 Å². The highest BCUT2D eigenvalue weighted by Crippen LogP contribution is 2.18. The van der Waals surface area contributed by atoms with Crippen LogP contribution in [0.5, 0.6) is 0 Å². The first-order valence-electron chi connectivity index (χ1n) is 7.35. The van der Waals surface area contributed by atoms with Crippen molar-refractivity contribution in [2.24, 2.45) is 5.92 Å². The van der Waals surface area contributed by atoms with E-state index in [9.17, 15) is 9.59 Å². The van der Waals surface area contributed by atoms with Gasteiger partial charge in [-0.2, -0.15) is 0 Å².